The topological polar surface area (TPSA) is 75.4 Å². The highest BCUT2D eigenvalue weighted by atomic mass is 16.2. The fourth-order valence-electron chi connectivity index (χ4n) is 1.87. The number of amides is 2. The van der Waals surface area contributed by atoms with Gasteiger partial charge in [0.25, 0.3) is 0 Å². The van der Waals surface area contributed by atoms with Crippen LogP contribution in [0.1, 0.15) is 26.7 Å². The zero-order valence-electron chi connectivity index (χ0n) is 10.2. The van der Waals surface area contributed by atoms with Gasteiger partial charge < -0.3 is 16.0 Å². The number of rotatable bonds is 3. The van der Waals surface area contributed by atoms with Gasteiger partial charge in [-0.25, -0.2) is 0 Å². The largest absolute Gasteiger partial charge is 0.369 e. The summed E-state index contributed by atoms with van der Waals surface area (Å²) in [6.07, 6.45) is 1.36. The Labute approximate surface area is 96.4 Å². The Morgan fingerprint density at radius 1 is 1.31 bits per heavy atom. The first kappa shape index (κ1) is 13.0. The van der Waals surface area contributed by atoms with E-state index in [2.05, 4.69) is 5.32 Å². The van der Waals surface area contributed by atoms with Crippen molar-refractivity contribution in [2.24, 2.45) is 11.7 Å². The van der Waals surface area contributed by atoms with Crippen molar-refractivity contribution in [3.63, 3.8) is 0 Å². The van der Waals surface area contributed by atoms with Crippen molar-refractivity contribution >= 4 is 11.8 Å². The number of hydrogen-bond donors (Lipinski definition) is 2. The minimum Gasteiger partial charge on any atom is -0.369 e. The van der Waals surface area contributed by atoms with Crippen molar-refractivity contribution in [3.8, 4) is 0 Å². The lowest BCUT2D eigenvalue weighted by atomic mass is 9.94. The highest BCUT2D eigenvalue weighted by Gasteiger charge is 2.33. The molecule has 1 fully saturated rings. The molecule has 0 bridgehead atoms. The SMILES string of the molecule is CNC(C)(C)C(=O)N1CCC(C(N)=O)CC1. The van der Waals surface area contributed by atoms with Crippen LogP contribution in [-0.2, 0) is 9.59 Å². The second kappa shape index (κ2) is 4.82. The Kier molecular flexibility index (Phi) is 3.91. The Morgan fingerprint density at radius 3 is 2.19 bits per heavy atom. The first-order chi connectivity index (χ1) is 7.38. The summed E-state index contributed by atoms with van der Waals surface area (Å²) in [7, 11) is 1.77. The van der Waals surface area contributed by atoms with E-state index in [1.165, 1.54) is 0 Å². The maximum absolute atomic E-state index is 12.1. The summed E-state index contributed by atoms with van der Waals surface area (Å²) >= 11 is 0. The van der Waals surface area contributed by atoms with Gasteiger partial charge in [-0.15, -0.1) is 0 Å². The van der Waals surface area contributed by atoms with E-state index in [0.29, 0.717) is 25.9 Å². The zero-order chi connectivity index (χ0) is 12.3. The predicted octanol–water partition coefficient (Wildman–Crippen LogP) is -0.292. The van der Waals surface area contributed by atoms with Crippen molar-refractivity contribution < 1.29 is 9.59 Å². The van der Waals surface area contributed by atoms with E-state index in [1.807, 2.05) is 13.8 Å². The summed E-state index contributed by atoms with van der Waals surface area (Å²) in [6, 6.07) is 0. The number of hydrogen-bond acceptors (Lipinski definition) is 3. The van der Waals surface area contributed by atoms with E-state index < -0.39 is 5.54 Å². The number of nitrogens with two attached hydrogens (primary N) is 1. The van der Waals surface area contributed by atoms with Gasteiger partial charge in [-0.3, -0.25) is 9.59 Å². The van der Waals surface area contributed by atoms with Crippen LogP contribution < -0.4 is 11.1 Å². The smallest absolute Gasteiger partial charge is 0.242 e. The molecule has 16 heavy (non-hydrogen) atoms. The molecule has 0 unspecified atom stereocenters. The molecular formula is C11H21N3O2. The van der Waals surface area contributed by atoms with Crippen molar-refractivity contribution in [1.29, 1.82) is 0 Å². The standard InChI is InChI=1S/C11H21N3O2/c1-11(2,13-3)10(16)14-6-4-8(5-7-14)9(12)15/h8,13H,4-7H2,1-3H3,(H2,12,15). The molecule has 3 N–H and O–H groups in total. The van der Waals surface area contributed by atoms with Crippen LogP contribution in [-0.4, -0.2) is 42.4 Å². The Balaban J connectivity index is 2.54. The molecule has 5 heteroatoms. The number of nitrogens with zero attached hydrogens (tertiary/aromatic N) is 1. The monoisotopic (exact) mass is 227 g/mol. The molecule has 92 valence electrons. The van der Waals surface area contributed by atoms with E-state index in [9.17, 15) is 9.59 Å². The van der Waals surface area contributed by atoms with Gasteiger partial charge in [0.15, 0.2) is 0 Å². The molecule has 0 aromatic carbocycles. The van der Waals surface area contributed by atoms with E-state index in [-0.39, 0.29) is 17.7 Å². The van der Waals surface area contributed by atoms with Gasteiger partial charge in [0.1, 0.15) is 0 Å². The van der Waals surface area contributed by atoms with Crippen LogP contribution in [0.25, 0.3) is 0 Å². The van der Waals surface area contributed by atoms with Gasteiger partial charge in [-0.2, -0.15) is 0 Å². The average Bonchev–Trinajstić information content (AvgIpc) is 2.28. The molecule has 1 heterocycles. The van der Waals surface area contributed by atoms with Gasteiger partial charge in [0.05, 0.1) is 5.54 Å². The van der Waals surface area contributed by atoms with Crippen molar-refractivity contribution in [2.45, 2.75) is 32.2 Å². The molecule has 0 aromatic rings. The van der Waals surface area contributed by atoms with Crippen LogP contribution >= 0.6 is 0 Å². The number of carbonyl (C=O) groups excluding carboxylic acids is 2. The Bertz CT molecular complexity index is 281. The molecule has 0 saturated carbocycles. The number of piperidine rings is 1. The van der Waals surface area contributed by atoms with Crippen LogP contribution in [0.15, 0.2) is 0 Å². The highest BCUT2D eigenvalue weighted by molar-refractivity contribution is 5.86. The molecule has 2 amide bonds. The van der Waals surface area contributed by atoms with Gasteiger partial charge in [-0.05, 0) is 33.7 Å². The molecule has 0 atom stereocenters. The zero-order valence-corrected chi connectivity index (χ0v) is 10.2. The normalized spacial score (nSPS) is 18.6. The van der Waals surface area contributed by atoms with E-state index in [0.717, 1.165) is 0 Å². The first-order valence-electron chi connectivity index (χ1n) is 5.66. The number of primary amides is 1. The fraction of sp³-hybridized carbons (Fsp3) is 0.818. The third-order valence-corrected chi connectivity index (χ3v) is 3.34. The van der Waals surface area contributed by atoms with Crippen LogP contribution in [0.5, 0.6) is 0 Å². The van der Waals surface area contributed by atoms with Crippen LogP contribution in [0.3, 0.4) is 0 Å². The first-order valence-corrected chi connectivity index (χ1v) is 5.66. The van der Waals surface area contributed by atoms with Crippen LogP contribution in [0, 0.1) is 5.92 Å². The molecule has 1 rings (SSSR count). The van der Waals surface area contributed by atoms with Crippen molar-refractivity contribution in [1.82, 2.24) is 10.2 Å². The fourth-order valence-corrected chi connectivity index (χ4v) is 1.87. The lowest BCUT2D eigenvalue weighted by Crippen LogP contribution is -2.55. The molecule has 0 spiro atoms. The van der Waals surface area contributed by atoms with E-state index >= 15 is 0 Å². The molecule has 0 aromatic heterocycles. The Hall–Kier alpha value is -1.10. The average molecular weight is 227 g/mol. The number of carbonyl (C=O) groups is 2. The van der Waals surface area contributed by atoms with Gasteiger partial charge in [0.2, 0.25) is 11.8 Å². The maximum atomic E-state index is 12.1. The molecule has 1 aliphatic heterocycles. The summed E-state index contributed by atoms with van der Waals surface area (Å²) < 4.78 is 0. The minimum atomic E-state index is -0.542. The maximum Gasteiger partial charge on any atom is 0.242 e. The predicted molar refractivity (Wildman–Crippen MR) is 61.6 cm³/mol. The second-order valence-electron chi connectivity index (χ2n) is 4.84. The molecular weight excluding hydrogens is 206 g/mol. The third kappa shape index (κ3) is 2.72. The summed E-state index contributed by atoms with van der Waals surface area (Å²) in [5.74, 6) is -0.236. The third-order valence-electron chi connectivity index (χ3n) is 3.34. The molecule has 0 radical (unpaired) electrons. The second-order valence-corrected chi connectivity index (χ2v) is 4.84. The van der Waals surface area contributed by atoms with Gasteiger partial charge in [-0.1, -0.05) is 0 Å². The molecule has 1 saturated heterocycles. The van der Waals surface area contributed by atoms with Crippen LogP contribution in [0.4, 0.5) is 0 Å². The molecule has 5 nitrogen and oxygen atoms in total. The Morgan fingerprint density at radius 2 is 1.81 bits per heavy atom. The van der Waals surface area contributed by atoms with Gasteiger partial charge in [0, 0.05) is 19.0 Å². The number of nitrogens with one attached hydrogen (secondary N) is 1. The quantitative estimate of drug-likeness (QED) is 0.695. The van der Waals surface area contributed by atoms with Gasteiger partial charge >= 0.3 is 0 Å². The number of likely N-dealkylation sites (tertiary alicyclic amines) is 1. The molecule has 1 aliphatic rings. The van der Waals surface area contributed by atoms with Crippen molar-refractivity contribution in [2.75, 3.05) is 20.1 Å². The van der Waals surface area contributed by atoms with E-state index in [1.54, 1.807) is 11.9 Å². The molecule has 0 aliphatic carbocycles. The lowest BCUT2D eigenvalue weighted by Gasteiger charge is -2.36. The summed E-state index contributed by atoms with van der Waals surface area (Å²) in [4.78, 5) is 24.9. The van der Waals surface area contributed by atoms with Crippen molar-refractivity contribution in [3.05, 3.63) is 0 Å². The van der Waals surface area contributed by atoms with Crippen LogP contribution in [0.2, 0.25) is 0 Å². The van der Waals surface area contributed by atoms with E-state index in [4.69, 9.17) is 5.73 Å². The highest BCUT2D eigenvalue weighted by Crippen LogP contribution is 2.19. The summed E-state index contributed by atoms with van der Waals surface area (Å²) in [5, 5.41) is 2.99. The summed E-state index contributed by atoms with van der Waals surface area (Å²) in [5.41, 5.74) is 4.70. The minimum absolute atomic E-state index is 0.0678. The number of likely N-dealkylation sites (N-methyl/N-ethyl adjacent to an activating group) is 1. The lowest BCUT2D eigenvalue weighted by molar-refractivity contribution is -0.139. The summed E-state index contributed by atoms with van der Waals surface area (Å²) in [6.45, 7) is 4.96.